The van der Waals surface area contributed by atoms with Gasteiger partial charge in [-0.15, -0.1) is 0 Å². The molecule has 0 radical (unpaired) electrons. The predicted molar refractivity (Wildman–Crippen MR) is 88.4 cm³/mol. The molecule has 1 heterocycles. The topological polar surface area (TPSA) is 49.3 Å². The molecule has 0 bridgehead atoms. The van der Waals surface area contributed by atoms with Gasteiger partial charge in [0.25, 0.3) is 0 Å². The molecule has 0 aromatic rings. The molecular formula is C18H29NO2. The fraction of sp³-hybridized carbons (Fsp3) is 0.611. The second-order valence-electron chi connectivity index (χ2n) is 5.57. The highest BCUT2D eigenvalue weighted by molar-refractivity contribution is 5.67. The first-order valence-electron chi connectivity index (χ1n) is 8.19. The van der Waals surface area contributed by atoms with E-state index in [9.17, 15) is 4.79 Å². The van der Waals surface area contributed by atoms with Gasteiger partial charge in [-0.25, -0.2) is 0 Å². The van der Waals surface area contributed by atoms with Gasteiger partial charge in [0.2, 0.25) is 0 Å². The Kier molecular flexibility index (Phi) is 10.4. The van der Waals surface area contributed by atoms with Crippen molar-refractivity contribution < 1.29 is 9.90 Å². The molecule has 1 unspecified atom stereocenters. The van der Waals surface area contributed by atoms with Crippen LogP contribution in [0, 0.1) is 0 Å². The van der Waals surface area contributed by atoms with Crippen LogP contribution in [0.5, 0.6) is 0 Å². The number of aliphatic carboxylic acids is 1. The van der Waals surface area contributed by atoms with Gasteiger partial charge in [0.1, 0.15) is 0 Å². The Hall–Kier alpha value is -1.35. The molecule has 2 N–H and O–H groups in total. The summed E-state index contributed by atoms with van der Waals surface area (Å²) in [6.45, 7) is 0.918. The molecule has 21 heavy (non-hydrogen) atoms. The van der Waals surface area contributed by atoms with Gasteiger partial charge in [-0.3, -0.25) is 4.79 Å². The van der Waals surface area contributed by atoms with E-state index in [0.717, 1.165) is 32.2 Å². The quantitative estimate of drug-likeness (QED) is 0.749. The molecule has 118 valence electrons. The summed E-state index contributed by atoms with van der Waals surface area (Å²) in [6, 6.07) is 0.0556. The highest BCUT2D eigenvalue weighted by atomic mass is 16.4. The molecule has 0 aromatic heterocycles. The summed E-state index contributed by atoms with van der Waals surface area (Å²) in [5.41, 5.74) is 0. The van der Waals surface area contributed by atoms with Gasteiger partial charge >= 0.3 is 5.97 Å². The third-order valence-electron chi connectivity index (χ3n) is 3.62. The number of rotatable bonds is 2. The molecule has 1 aliphatic rings. The van der Waals surface area contributed by atoms with E-state index in [4.69, 9.17) is 5.11 Å². The molecular weight excluding hydrogens is 262 g/mol. The Labute approximate surface area is 128 Å². The lowest BCUT2D eigenvalue weighted by Crippen LogP contribution is -2.31. The maximum Gasteiger partial charge on any atom is 0.304 e. The lowest BCUT2D eigenvalue weighted by Gasteiger charge is -2.15. The standard InChI is InChI=1S/C18H29NO2/c20-18(21)16-17-14-12-10-8-6-4-2-1-3-5-7-9-11-13-15-19-17/h1,3-4,6,10,12,17,19H,2,5,7-9,11,13-16H2,(H,20,21)/b3-1-,6-4-,12-10-. The highest BCUT2D eigenvalue weighted by Gasteiger charge is 2.10. The maximum atomic E-state index is 10.9. The SMILES string of the molecule is O=C(O)CC1C/C=C\C/C=C\C/C=C\CCCCCCN1. The van der Waals surface area contributed by atoms with Gasteiger partial charge < -0.3 is 10.4 Å². The van der Waals surface area contributed by atoms with Crippen molar-refractivity contribution in [3.8, 4) is 0 Å². The first-order valence-corrected chi connectivity index (χ1v) is 8.19. The van der Waals surface area contributed by atoms with Gasteiger partial charge in [0.15, 0.2) is 0 Å². The Morgan fingerprint density at radius 2 is 1.62 bits per heavy atom. The second-order valence-corrected chi connectivity index (χ2v) is 5.57. The zero-order chi connectivity index (χ0) is 15.2. The molecule has 1 atom stereocenters. The normalized spacial score (nSPS) is 27.3. The van der Waals surface area contributed by atoms with E-state index in [0.29, 0.717) is 0 Å². The van der Waals surface area contributed by atoms with Gasteiger partial charge in [-0.2, -0.15) is 0 Å². The minimum atomic E-state index is -0.724. The van der Waals surface area contributed by atoms with E-state index in [1.165, 1.54) is 25.7 Å². The van der Waals surface area contributed by atoms with Gasteiger partial charge in [-0.1, -0.05) is 49.3 Å². The fourth-order valence-corrected chi connectivity index (χ4v) is 2.42. The van der Waals surface area contributed by atoms with Crippen molar-refractivity contribution >= 4 is 5.97 Å². The maximum absolute atomic E-state index is 10.9. The van der Waals surface area contributed by atoms with Crippen LogP contribution in [0.15, 0.2) is 36.5 Å². The number of hydrogen-bond donors (Lipinski definition) is 2. The lowest BCUT2D eigenvalue weighted by atomic mass is 10.1. The van der Waals surface area contributed by atoms with Crippen molar-refractivity contribution in [1.29, 1.82) is 0 Å². The fourth-order valence-electron chi connectivity index (χ4n) is 2.42. The number of carbonyl (C=O) groups is 1. The molecule has 1 rings (SSSR count). The molecule has 0 saturated carbocycles. The number of allylic oxidation sites excluding steroid dienone is 5. The predicted octanol–water partition coefficient (Wildman–Crippen LogP) is 4.22. The number of carboxylic acids is 1. The van der Waals surface area contributed by atoms with E-state index in [2.05, 4.69) is 41.8 Å². The van der Waals surface area contributed by atoms with Crippen LogP contribution in [0.25, 0.3) is 0 Å². The van der Waals surface area contributed by atoms with Crippen molar-refractivity contribution in [2.24, 2.45) is 0 Å². The van der Waals surface area contributed by atoms with Crippen molar-refractivity contribution in [3.05, 3.63) is 36.5 Å². The third-order valence-corrected chi connectivity index (χ3v) is 3.62. The first kappa shape index (κ1) is 17.7. The van der Waals surface area contributed by atoms with Crippen LogP contribution < -0.4 is 5.32 Å². The van der Waals surface area contributed by atoms with E-state index in [1.807, 2.05) is 0 Å². The van der Waals surface area contributed by atoms with Crippen molar-refractivity contribution in [2.45, 2.75) is 63.8 Å². The number of nitrogens with one attached hydrogen (secondary N) is 1. The molecule has 0 spiro atoms. The molecule has 0 aromatic carbocycles. The molecule has 1 aliphatic heterocycles. The first-order chi connectivity index (χ1) is 10.3. The average molecular weight is 291 g/mol. The number of carboxylic acid groups (broad SMARTS) is 1. The van der Waals surface area contributed by atoms with E-state index in [-0.39, 0.29) is 12.5 Å². The Bertz CT molecular complexity index is 358. The largest absolute Gasteiger partial charge is 0.481 e. The highest BCUT2D eigenvalue weighted by Crippen LogP contribution is 2.06. The van der Waals surface area contributed by atoms with Gasteiger partial charge in [-0.05, 0) is 45.1 Å². The smallest absolute Gasteiger partial charge is 0.304 e. The van der Waals surface area contributed by atoms with Crippen LogP contribution in [-0.2, 0) is 4.79 Å². The molecule has 3 heteroatoms. The molecule has 3 nitrogen and oxygen atoms in total. The molecule has 0 aliphatic carbocycles. The Morgan fingerprint density at radius 1 is 0.952 bits per heavy atom. The minimum absolute atomic E-state index is 0.0556. The summed E-state index contributed by atoms with van der Waals surface area (Å²) in [6.07, 6.45) is 22.0. The minimum Gasteiger partial charge on any atom is -0.481 e. The van der Waals surface area contributed by atoms with Gasteiger partial charge in [0, 0.05) is 6.04 Å². The van der Waals surface area contributed by atoms with Gasteiger partial charge in [0.05, 0.1) is 6.42 Å². The third kappa shape index (κ3) is 11.0. The molecule has 0 saturated heterocycles. The Morgan fingerprint density at radius 3 is 2.38 bits per heavy atom. The average Bonchev–Trinajstić information content (AvgIpc) is 2.45. The molecule has 0 fully saturated rings. The summed E-state index contributed by atoms with van der Waals surface area (Å²) < 4.78 is 0. The van der Waals surface area contributed by atoms with Crippen LogP contribution in [0.1, 0.15) is 57.8 Å². The lowest BCUT2D eigenvalue weighted by molar-refractivity contribution is -0.137. The monoisotopic (exact) mass is 291 g/mol. The summed E-state index contributed by atoms with van der Waals surface area (Å²) in [5.74, 6) is -0.724. The van der Waals surface area contributed by atoms with E-state index in [1.54, 1.807) is 0 Å². The van der Waals surface area contributed by atoms with Crippen molar-refractivity contribution in [2.75, 3.05) is 6.54 Å². The summed E-state index contributed by atoms with van der Waals surface area (Å²) in [5, 5.41) is 12.3. The zero-order valence-electron chi connectivity index (χ0n) is 13.0. The van der Waals surface area contributed by atoms with Crippen molar-refractivity contribution in [1.82, 2.24) is 5.32 Å². The van der Waals surface area contributed by atoms with E-state index < -0.39 is 5.97 Å². The summed E-state index contributed by atoms with van der Waals surface area (Å²) in [4.78, 5) is 10.9. The summed E-state index contributed by atoms with van der Waals surface area (Å²) >= 11 is 0. The van der Waals surface area contributed by atoms with E-state index >= 15 is 0 Å². The second kappa shape index (κ2) is 12.4. The molecule has 0 amide bonds. The van der Waals surface area contributed by atoms with Crippen LogP contribution in [0.2, 0.25) is 0 Å². The van der Waals surface area contributed by atoms with Crippen LogP contribution in [0.3, 0.4) is 0 Å². The van der Waals surface area contributed by atoms with Crippen molar-refractivity contribution in [3.63, 3.8) is 0 Å². The number of hydrogen-bond acceptors (Lipinski definition) is 2. The van der Waals surface area contributed by atoms with Crippen LogP contribution in [0.4, 0.5) is 0 Å². The summed E-state index contributed by atoms with van der Waals surface area (Å²) in [7, 11) is 0. The van der Waals surface area contributed by atoms with Crippen LogP contribution in [-0.4, -0.2) is 23.7 Å². The zero-order valence-corrected chi connectivity index (χ0v) is 13.0. The Balaban J connectivity index is 2.44. The van der Waals surface area contributed by atoms with Crippen LogP contribution >= 0.6 is 0 Å².